The van der Waals surface area contributed by atoms with Gasteiger partial charge in [0.15, 0.2) is 0 Å². The van der Waals surface area contributed by atoms with Crippen LogP contribution in [0.15, 0.2) is 24.3 Å². The zero-order chi connectivity index (χ0) is 22.2. The third-order valence-corrected chi connectivity index (χ3v) is 4.04. The minimum atomic E-state index is -0.977. The molecule has 0 saturated heterocycles. The third-order valence-electron chi connectivity index (χ3n) is 4.04. The van der Waals surface area contributed by atoms with E-state index in [-0.39, 0.29) is 18.3 Å². The fourth-order valence-corrected chi connectivity index (χ4v) is 2.70. The van der Waals surface area contributed by atoms with Crippen LogP contribution in [0.5, 0.6) is 0 Å². The van der Waals surface area contributed by atoms with Crippen LogP contribution >= 0.6 is 0 Å². The first-order valence-electron chi connectivity index (χ1n) is 9.53. The number of halogens is 1. The lowest BCUT2D eigenvalue weighted by atomic mass is 10.0. The molecule has 162 valence electrons. The summed E-state index contributed by atoms with van der Waals surface area (Å²) in [5.74, 6) is -1.85. The molecule has 3 atom stereocenters. The number of nitrogens with one attached hydrogen (secondary N) is 2. The molecule has 0 radical (unpaired) electrons. The van der Waals surface area contributed by atoms with Crippen molar-refractivity contribution in [1.29, 1.82) is 0 Å². The van der Waals surface area contributed by atoms with Crippen molar-refractivity contribution in [2.45, 2.75) is 65.1 Å². The fourth-order valence-electron chi connectivity index (χ4n) is 2.70. The molecular formula is C21H31FN2O5. The van der Waals surface area contributed by atoms with Crippen molar-refractivity contribution in [1.82, 2.24) is 10.6 Å². The number of esters is 1. The SMILES string of the molecule is COC(=O)C(C)CC(NC(=O)OC(C)(C)C)C(=O)NC(C)Cc1ccc(F)cc1. The number of methoxy groups -OCH3 is 1. The average molecular weight is 410 g/mol. The number of hydrogen-bond donors (Lipinski definition) is 2. The topological polar surface area (TPSA) is 93.7 Å². The number of alkyl carbamates (subject to hydrolysis) is 1. The smallest absolute Gasteiger partial charge is 0.408 e. The molecule has 29 heavy (non-hydrogen) atoms. The monoisotopic (exact) mass is 410 g/mol. The van der Waals surface area contributed by atoms with E-state index in [1.54, 1.807) is 46.8 Å². The van der Waals surface area contributed by atoms with Gasteiger partial charge in [-0.15, -0.1) is 0 Å². The summed E-state index contributed by atoms with van der Waals surface area (Å²) in [4.78, 5) is 36.6. The second-order valence-corrected chi connectivity index (χ2v) is 8.10. The molecule has 2 amide bonds. The van der Waals surface area contributed by atoms with E-state index in [0.717, 1.165) is 5.56 Å². The number of rotatable bonds is 8. The minimum Gasteiger partial charge on any atom is -0.469 e. The van der Waals surface area contributed by atoms with Gasteiger partial charge in [-0.2, -0.15) is 0 Å². The Morgan fingerprint density at radius 2 is 1.66 bits per heavy atom. The van der Waals surface area contributed by atoms with Crippen molar-refractivity contribution in [3.63, 3.8) is 0 Å². The Hall–Kier alpha value is -2.64. The number of benzene rings is 1. The van der Waals surface area contributed by atoms with Gasteiger partial charge in [-0.25, -0.2) is 9.18 Å². The number of carbonyl (C=O) groups excluding carboxylic acids is 3. The van der Waals surface area contributed by atoms with Gasteiger partial charge in [-0.3, -0.25) is 9.59 Å². The Morgan fingerprint density at radius 3 is 2.17 bits per heavy atom. The quantitative estimate of drug-likeness (QED) is 0.643. The zero-order valence-electron chi connectivity index (χ0n) is 17.9. The molecule has 0 fully saturated rings. The van der Waals surface area contributed by atoms with Gasteiger partial charge in [-0.1, -0.05) is 19.1 Å². The van der Waals surface area contributed by atoms with Crippen molar-refractivity contribution >= 4 is 18.0 Å². The van der Waals surface area contributed by atoms with Gasteiger partial charge >= 0.3 is 12.1 Å². The van der Waals surface area contributed by atoms with E-state index in [2.05, 4.69) is 10.6 Å². The molecule has 8 heteroatoms. The van der Waals surface area contributed by atoms with Crippen molar-refractivity contribution in [2.75, 3.05) is 7.11 Å². The first-order chi connectivity index (χ1) is 13.4. The minimum absolute atomic E-state index is 0.0566. The first kappa shape index (κ1) is 24.4. The van der Waals surface area contributed by atoms with Crippen LogP contribution in [0.3, 0.4) is 0 Å². The maximum Gasteiger partial charge on any atom is 0.408 e. The maximum absolute atomic E-state index is 13.0. The Balaban J connectivity index is 2.80. The lowest BCUT2D eigenvalue weighted by molar-refractivity contribution is -0.145. The molecule has 0 aliphatic rings. The van der Waals surface area contributed by atoms with Crippen LogP contribution in [-0.4, -0.2) is 42.8 Å². The van der Waals surface area contributed by atoms with E-state index in [1.165, 1.54) is 19.2 Å². The Kier molecular flexibility index (Phi) is 9.07. The summed E-state index contributed by atoms with van der Waals surface area (Å²) in [6, 6.07) is 4.75. The predicted molar refractivity (Wildman–Crippen MR) is 107 cm³/mol. The highest BCUT2D eigenvalue weighted by atomic mass is 19.1. The largest absolute Gasteiger partial charge is 0.469 e. The lowest BCUT2D eigenvalue weighted by Gasteiger charge is -2.25. The lowest BCUT2D eigenvalue weighted by Crippen LogP contribution is -2.51. The van der Waals surface area contributed by atoms with E-state index in [9.17, 15) is 18.8 Å². The molecule has 0 aromatic heterocycles. The van der Waals surface area contributed by atoms with Crippen molar-refractivity contribution in [3.8, 4) is 0 Å². The normalized spacial score (nSPS) is 14.3. The fraction of sp³-hybridized carbons (Fsp3) is 0.571. The molecule has 7 nitrogen and oxygen atoms in total. The summed E-state index contributed by atoms with van der Waals surface area (Å²) in [5.41, 5.74) is 0.133. The molecule has 0 bridgehead atoms. The molecule has 0 heterocycles. The third kappa shape index (κ3) is 9.40. The second kappa shape index (κ2) is 10.8. The van der Waals surface area contributed by atoms with Gasteiger partial charge in [0.25, 0.3) is 0 Å². The molecular weight excluding hydrogens is 379 g/mol. The molecule has 0 aliphatic carbocycles. The number of hydrogen-bond acceptors (Lipinski definition) is 5. The van der Waals surface area contributed by atoms with Crippen LogP contribution in [-0.2, 0) is 25.5 Å². The van der Waals surface area contributed by atoms with Gasteiger partial charge < -0.3 is 20.1 Å². The Morgan fingerprint density at radius 1 is 1.07 bits per heavy atom. The van der Waals surface area contributed by atoms with Crippen molar-refractivity contribution < 1.29 is 28.2 Å². The van der Waals surface area contributed by atoms with E-state index in [4.69, 9.17) is 9.47 Å². The van der Waals surface area contributed by atoms with Gasteiger partial charge in [0.1, 0.15) is 17.5 Å². The van der Waals surface area contributed by atoms with Crippen LogP contribution in [0, 0.1) is 11.7 Å². The standard InChI is InChI=1S/C21H31FN2O5/c1-13(19(26)28-6)11-17(24-20(27)29-21(3,4)5)18(25)23-14(2)12-15-7-9-16(22)10-8-15/h7-10,13-14,17H,11-12H2,1-6H3,(H,23,25)(H,24,27). The highest BCUT2D eigenvalue weighted by molar-refractivity contribution is 5.86. The molecule has 3 unspecified atom stereocenters. The predicted octanol–water partition coefficient (Wildman–Crippen LogP) is 2.97. The summed E-state index contributed by atoms with van der Waals surface area (Å²) in [6.07, 6.45) is -0.209. The molecule has 0 saturated carbocycles. The molecule has 1 aromatic rings. The number of ether oxygens (including phenoxy) is 2. The Labute approximate surface area is 171 Å². The van der Waals surface area contributed by atoms with E-state index >= 15 is 0 Å². The van der Waals surface area contributed by atoms with Crippen LogP contribution in [0.4, 0.5) is 9.18 Å². The van der Waals surface area contributed by atoms with E-state index in [0.29, 0.717) is 6.42 Å². The summed E-state index contributed by atoms with van der Waals surface area (Å²) in [7, 11) is 1.26. The van der Waals surface area contributed by atoms with Crippen LogP contribution < -0.4 is 10.6 Å². The molecule has 1 rings (SSSR count). The summed E-state index contributed by atoms with van der Waals surface area (Å²) >= 11 is 0. The number of carbonyl (C=O) groups is 3. The average Bonchev–Trinajstić information content (AvgIpc) is 2.60. The first-order valence-corrected chi connectivity index (χ1v) is 9.53. The molecule has 0 spiro atoms. The molecule has 2 N–H and O–H groups in total. The summed E-state index contributed by atoms with van der Waals surface area (Å²) in [6.45, 7) is 8.55. The van der Waals surface area contributed by atoms with Gasteiger partial charge in [0.2, 0.25) is 5.91 Å². The summed E-state index contributed by atoms with van der Waals surface area (Å²) < 4.78 is 23.0. The van der Waals surface area contributed by atoms with Gasteiger partial charge in [0, 0.05) is 6.04 Å². The second-order valence-electron chi connectivity index (χ2n) is 8.10. The zero-order valence-corrected chi connectivity index (χ0v) is 17.9. The molecule has 0 aliphatic heterocycles. The van der Waals surface area contributed by atoms with Gasteiger partial charge in [-0.05, 0) is 58.2 Å². The van der Waals surface area contributed by atoms with E-state index < -0.39 is 35.5 Å². The van der Waals surface area contributed by atoms with E-state index in [1.807, 2.05) is 0 Å². The highest BCUT2D eigenvalue weighted by Gasteiger charge is 2.29. The molecule has 1 aromatic carbocycles. The highest BCUT2D eigenvalue weighted by Crippen LogP contribution is 2.12. The maximum atomic E-state index is 13.0. The Bertz CT molecular complexity index is 700. The van der Waals surface area contributed by atoms with Crippen LogP contribution in [0.2, 0.25) is 0 Å². The van der Waals surface area contributed by atoms with Crippen LogP contribution in [0.1, 0.15) is 46.6 Å². The van der Waals surface area contributed by atoms with Crippen molar-refractivity contribution in [2.24, 2.45) is 5.92 Å². The summed E-state index contributed by atoms with van der Waals surface area (Å²) in [5, 5.41) is 5.35. The van der Waals surface area contributed by atoms with Gasteiger partial charge in [0.05, 0.1) is 13.0 Å². The van der Waals surface area contributed by atoms with Crippen LogP contribution in [0.25, 0.3) is 0 Å². The van der Waals surface area contributed by atoms with Crippen molar-refractivity contribution in [3.05, 3.63) is 35.6 Å². The number of amides is 2.